The number of carbonyl (C=O) groups excluding carboxylic acids is 1. The molecular weight excluding hydrogens is 510 g/mol. The largest absolute Gasteiger partial charge is 0.433 e. The van der Waals surface area contributed by atoms with Gasteiger partial charge in [0.2, 0.25) is 0 Å². The molecule has 4 atom stereocenters. The van der Waals surface area contributed by atoms with Gasteiger partial charge in [-0.1, -0.05) is 18.2 Å². The molecule has 0 radical (unpaired) electrons. The van der Waals surface area contributed by atoms with Crippen LogP contribution in [0.25, 0.3) is 0 Å². The average molecular weight is 539 g/mol. The van der Waals surface area contributed by atoms with Crippen LogP contribution >= 0.6 is 0 Å². The van der Waals surface area contributed by atoms with Crippen molar-refractivity contribution in [2.75, 3.05) is 5.32 Å². The molecule has 0 bridgehead atoms. The van der Waals surface area contributed by atoms with Gasteiger partial charge >= 0.3 is 12.4 Å². The fraction of sp³-hybridized carbons (Fsp3) is 0.444. The third-order valence-electron chi connectivity index (χ3n) is 6.69. The summed E-state index contributed by atoms with van der Waals surface area (Å²) >= 11 is 0. The normalized spacial score (nSPS) is 21.1. The average Bonchev–Trinajstić information content (AvgIpc) is 3.04. The number of nitrogens with zero attached hydrogens (tertiary/aromatic N) is 2. The van der Waals surface area contributed by atoms with Crippen molar-refractivity contribution in [1.82, 2.24) is 10.3 Å². The Morgan fingerprint density at radius 1 is 1.11 bits per heavy atom. The van der Waals surface area contributed by atoms with Crippen LogP contribution < -0.4 is 10.6 Å². The topological polar surface area (TPSA) is 77.8 Å². The molecule has 1 saturated carbocycles. The van der Waals surface area contributed by atoms with E-state index in [1.807, 2.05) is 0 Å². The Morgan fingerprint density at radius 2 is 1.74 bits per heavy atom. The Kier molecular flexibility index (Phi) is 9.07. The predicted octanol–water partition coefficient (Wildman–Crippen LogP) is 7.09. The maximum absolute atomic E-state index is 13.3. The molecule has 0 saturated heterocycles. The Balaban J connectivity index is 1.77. The number of nitriles is 1. The van der Waals surface area contributed by atoms with E-state index in [9.17, 15) is 31.1 Å². The molecule has 1 aliphatic rings. The Bertz CT molecular complexity index is 1160. The Labute approximate surface area is 216 Å². The van der Waals surface area contributed by atoms with Crippen molar-refractivity contribution in [3.63, 3.8) is 0 Å². The smallest absolute Gasteiger partial charge is 0.382 e. The molecule has 1 fully saturated rings. The summed E-state index contributed by atoms with van der Waals surface area (Å²) in [7, 11) is 0. The zero-order valence-corrected chi connectivity index (χ0v) is 20.7. The predicted molar refractivity (Wildman–Crippen MR) is 130 cm³/mol. The third-order valence-corrected chi connectivity index (χ3v) is 6.69. The lowest BCUT2D eigenvalue weighted by Crippen LogP contribution is -2.34. The van der Waals surface area contributed by atoms with Gasteiger partial charge in [-0.25, -0.2) is 4.98 Å². The molecule has 0 spiro atoms. The highest BCUT2D eigenvalue weighted by atomic mass is 19.4. The summed E-state index contributed by atoms with van der Waals surface area (Å²) in [5.74, 6) is -0.811. The monoisotopic (exact) mass is 538 g/mol. The Hall–Kier alpha value is -3.55. The molecule has 1 heterocycles. The summed E-state index contributed by atoms with van der Waals surface area (Å²) in [4.78, 5) is 15.7. The van der Waals surface area contributed by atoms with Gasteiger partial charge < -0.3 is 10.6 Å². The van der Waals surface area contributed by atoms with Gasteiger partial charge in [-0.3, -0.25) is 4.79 Å². The second kappa shape index (κ2) is 11.9. The van der Waals surface area contributed by atoms with E-state index in [4.69, 9.17) is 5.26 Å². The molecule has 1 aliphatic carbocycles. The van der Waals surface area contributed by atoms with Crippen LogP contribution in [-0.2, 0) is 12.4 Å². The summed E-state index contributed by atoms with van der Waals surface area (Å²) in [6.45, 7) is 5.46. The van der Waals surface area contributed by atoms with Crippen molar-refractivity contribution >= 4 is 11.6 Å². The van der Waals surface area contributed by atoms with Crippen molar-refractivity contribution < 1.29 is 31.1 Å². The quantitative estimate of drug-likeness (QED) is 0.224. The number of carbonyl (C=O) groups is 1. The van der Waals surface area contributed by atoms with Crippen LogP contribution in [-0.4, -0.2) is 23.0 Å². The van der Waals surface area contributed by atoms with Crippen molar-refractivity contribution in [2.45, 2.75) is 69.4 Å². The van der Waals surface area contributed by atoms with Crippen molar-refractivity contribution in [1.29, 1.82) is 5.26 Å². The van der Waals surface area contributed by atoms with Crippen LogP contribution in [0.2, 0.25) is 0 Å². The second-order valence-corrected chi connectivity index (χ2v) is 9.46. The molecule has 2 N–H and O–H groups in total. The molecule has 5 nitrogen and oxygen atoms in total. The number of hydrogen-bond donors (Lipinski definition) is 2. The highest BCUT2D eigenvalue weighted by Crippen LogP contribution is 2.36. The van der Waals surface area contributed by atoms with Crippen LogP contribution in [0.15, 0.2) is 49.1 Å². The lowest BCUT2D eigenvalue weighted by molar-refractivity contribution is -0.150. The molecule has 3 unspecified atom stereocenters. The van der Waals surface area contributed by atoms with Gasteiger partial charge in [0.25, 0.3) is 5.91 Å². The zero-order valence-electron chi connectivity index (χ0n) is 20.7. The lowest BCUT2D eigenvalue weighted by Gasteiger charge is -2.27. The summed E-state index contributed by atoms with van der Waals surface area (Å²) in [5.41, 5.74) is -2.44. The number of pyridine rings is 1. The number of alkyl halides is 6. The number of hydrogen-bond acceptors (Lipinski definition) is 4. The number of amides is 1. The van der Waals surface area contributed by atoms with Gasteiger partial charge in [0.1, 0.15) is 11.4 Å². The van der Waals surface area contributed by atoms with E-state index in [0.717, 1.165) is 0 Å². The van der Waals surface area contributed by atoms with E-state index >= 15 is 0 Å². The number of anilines is 1. The molecule has 3 rings (SSSR count). The van der Waals surface area contributed by atoms with Gasteiger partial charge in [-0.15, -0.1) is 6.58 Å². The van der Waals surface area contributed by atoms with E-state index in [2.05, 4.69) is 28.3 Å². The standard InChI is InChI=1S/C27H28F6N4O/c1-3-5-17-8-9-20(36-25(38)19-7-4-6-18(12-19)16(2)15-34)10-11-22(17)35-21-13-23(26(28,29)30)37-24(14-21)27(31,32)33/h3-4,6-7,12-14,16-17,20,22H,1,5,8-11H2,2H3,(H,35,37)(H,36,38)/t16?,17?,20-,22?/m1/s1. The summed E-state index contributed by atoms with van der Waals surface area (Å²) < 4.78 is 79.5. The molecule has 38 heavy (non-hydrogen) atoms. The summed E-state index contributed by atoms with van der Waals surface area (Å²) in [6, 6.07) is 9.37. The molecule has 1 aromatic heterocycles. The second-order valence-electron chi connectivity index (χ2n) is 9.46. The van der Waals surface area contributed by atoms with Crippen LogP contribution in [0.1, 0.15) is 72.3 Å². The van der Waals surface area contributed by atoms with Crippen molar-refractivity contribution in [3.8, 4) is 6.07 Å². The minimum absolute atomic E-state index is 0.119. The molecule has 2 aromatic rings. The fourth-order valence-electron chi connectivity index (χ4n) is 4.62. The van der Waals surface area contributed by atoms with Gasteiger partial charge in [-0.05, 0) is 74.8 Å². The molecule has 1 aromatic carbocycles. The first-order valence-corrected chi connectivity index (χ1v) is 12.2. The lowest BCUT2D eigenvalue weighted by atomic mass is 9.91. The zero-order chi connectivity index (χ0) is 28.1. The highest BCUT2D eigenvalue weighted by molar-refractivity contribution is 5.94. The molecule has 204 valence electrons. The van der Waals surface area contributed by atoms with Gasteiger partial charge in [0, 0.05) is 23.3 Å². The van der Waals surface area contributed by atoms with Gasteiger partial charge in [-0.2, -0.15) is 31.6 Å². The highest BCUT2D eigenvalue weighted by Gasteiger charge is 2.39. The summed E-state index contributed by atoms with van der Waals surface area (Å²) in [6.07, 6.45) is -5.91. The van der Waals surface area contributed by atoms with E-state index in [1.165, 1.54) is 0 Å². The van der Waals surface area contributed by atoms with Crippen LogP contribution in [0.4, 0.5) is 32.0 Å². The molecular formula is C27H28F6N4O. The first kappa shape index (κ1) is 29.0. The molecule has 11 heteroatoms. The third kappa shape index (κ3) is 7.49. The van der Waals surface area contributed by atoms with Crippen LogP contribution in [0.5, 0.6) is 0 Å². The van der Waals surface area contributed by atoms with E-state index in [1.54, 1.807) is 37.3 Å². The molecule has 0 aliphatic heterocycles. The van der Waals surface area contributed by atoms with Crippen LogP contribution in [0.3, 0.4) is 0 Å². The molecule has 1 amide bonds. The van der Waals surface area contributed by atoms with Gasteiger partial charge in [0.05, 0.1) is 12.0 Å². The number of rotatable bonds is 7. The minimum Gasteiger partial charge on any atom is -0.382 e. The maximum Gasteiger partial charge on any atom is 0.433 e. The number of benzene rings is 1. The summed E-state index contributed by atoms with van der Waals surface area (Å²) in [5, 5.41) is 15.0. The number of nitrogens with one attached hydrogen (secondary N) is 2. The minimum atomic E-state index is -5.04. The number of aromatic nitrogens is 1. The number of allylic oxidation sites excluding steroid dienone is 1. The first-order valence-electron chi connectivity index (χ1n) is 12.2. The van der Waals surface area contributed by atoms with Crippen LogP contribution in [0, 0.1) is 17.2 Å². The van der Waals surface area contributed by atoms with Gasteiger partial charge in [0.15, 0.2) is 0 Å². The first-order chi connectivity index (χ1) is 17.8. The van der Waals surface area contributed by atoms with Crippen molar-refractivity contribution in [2.24, 2.45) is 5.92 Å². The van der Waals surface area contributed by atoms with E-state index in [-0.39, 0.29) is 29.5 Å². The number of halogens is 6. The fourth-order valence-corrected chi connectivity index (χ4v) is 4.62. The van der Waals surface area contributed by atoms with Crippen molar-refractivity contribution in [3.05, 3.63) is 71.6 Å². The van der Waals surface area contributed by atoms with E-state index < -0.39 is 29.8 Å². The Morgan fingerprint density at radius 3 is 2.32 bits per heavy atom. The van der Waals surface area contributed by atoms with E-state index in [0.29, 0.717) is 55.4 Å². The SMILES string of the molecule is C=CCC1CC[C@@H](NC(=O)c2cccc(C(C)C#N)c2)CCC1Nc1cc(C(F)(F)F)nc(C(F)(F)F)c1. The maximum atomic E-state index is 13.3.